The topological polar surface area (TPSA) is 49.0 Å². The molecule has 0 amide bonds. The average Bonchev–Trinajstić information content (AvgIpc) is 3.26. The Balaban J connectivity index is 1.82. The maximum atomic E-state index is 13.9. The minimum atomic E-state index is -0.335. The van der Waals surface area contributed by atoms with Crippen LogP contribution in [0.5, 0.6) is 5.75 Å². The Kier molecular flexibility index (Phi) is 3.72. The molecule has 0 atom stereocenters. The van der Waals surface area contributed by atoms with Crippen molar-refractivity contribution in [2.75, 3.05) is 12.9 Å². The molecule has 5 nitrogen and oxygen atoms in total. The lowest BCUT2D eigenvalue weighted by atomic mass is 10.2. The van der Waals surface area contributed by atoms with E-state index < -0.39 is 0 Å². The van der Waals surface area contributed by atoms with Crippen LogP contribution in [0.3, 0.4) is 0 Å². The number of hydrogen-bond acceptors (Lipinski definition) is 4. The molecule has 0 saturated carbocycles. The fourth-order valence-electron chi connectivity index (χ4n) is 3.66. The van der Waals surface area contributed by atoms with Crippen LogP contribution in [-0.2, 0) is 13.1 Å². The number of rotatable bonds is 3. The first kappa shape index (κ1) is 16.4. The van der Waals surface area contributed by atoms with E-state index in [9.17, 15) is 9.18 Å². The Hall–Kier alpha value is -2.80. The smallest absolute Gasteiger partial charge is 0.278 e. The lowest BCUT2D eigenvalue weighted by molar-refractivity contribution is 0.414. The zero-order valence-electron chi connectivity index (χ0n) is 14.6. The molecule has 1 aliphatic heterocycles. The van der Waals surface area contributed by atoms with E-state index in [1.165, 1.54) is 12.1 Å². The predicted molar refractivity (Wildman–Crippen MR) is 104 cm³/mol. The van der Waals surface area contributed by atoms with Crippen molar-refractivity contribution in [1.29, 1.82) is 0 Å². The third kappa shape index (κ3) is 2.53. The lowest BCUT2D eigenvalue weighted by Crippen LogP contribution is -2.22. The molecular formula is C20H16FN3O2S. The maximum absolute atomic E-state index is 13.9. The van der Waals surface area contributed by atoms with E-state index in [4.69, 9.17) is 9.72 Å². The molecule has 2 aromatic heterocycles. The van der Waals surface area contributed by atoms with Gasteiger partial charge in [0.05, 0.1) is 12.6 Å². The normalized spacial score (nSPS) is 13.4. The van der Waals surface area contributed by atoms with Crippen LogP contribution < -0.4 is 10.3 Å². The van der Waals surface area contributed by atoms with Crippen LogP contribution in [0.4, 0.5) is 4.39 Å². The number of thioether (sulfide) groups is 1. The van der Waals surface area contributed by atoms with Gasteiger partial charge >= 0.3 is 0 Å². The minimum Gasteiger partial charge on any atom is -0.497 e. The molecule has 0 bridgehead atoms. The standard InChI is InChI=1S/C20H16FN3O2S/c1-26-14-4-2-3-12(9-14)11-24-16-6-5-13(21)10-15(16)17-18(24)19(25)23-7-8-27-20(23)22-17/h2-6,9-10H,7-8,11H2,1H3. The van der Waals surface area contributed by atoms with Gasteiger partial charge in [-0.3, -0.25) is 9.36 Å². The van der Waals surface area contributed by atoms with Crippen LogP contribution in [0.1, 0.15) is 5.56 Å². The largest absolute Gasteiger partial charge is 0.497 e. The quantitative estimate of drug-likeness (QED) is 0.508. The van der Waals surface area contributed by atoms with Gasteiger partial charge < -0.3 is 9.30 Å². The van der Waals surface area contributed by atoms with Crippen molar-refractivity contribution >= 4 is 33.7 Å². The Labute approximate surface area is 158 Å². The van der Waals surface area contributed by atoms with Crippen LogP contribution in [-0.4, -0.2) is 27.0 Å². The minimum absolute atomic E-state index is 0.0699. The van der Waals surface area contributed by atoms with Gasteiger partial charge in [0.1, 0.15) is 22.6 Å². The second-order valence-electron chi connectivity index (χ2n) is 6.50. The van der Waals surface area contributed by atoms with Crippen molar-refractivity contribution in [2.45, 2.75) is 18.2 Å². The van der Waals surface area contributed by atoms with Crippen LogP contribution in [0.15, 0.2) is 52.4 Å². The van der Waals surface area contributed by atoms with Crippen molar-refractivity contribution < 1.29 is 9.13 Å². The predicted octanol–water partition coefficient (Wildman–Crippen LogP) is 3.65. The number of halogens is 1. The monoisotopic (exact) mass is 381 g/mol. The second-order valence-corrected chi connectivity index (χ2v) is 7.56. The SMILES string of the molecule is COc1cccc(Cn2c3ccc(F)cc3c3nc4n(c(=O)c32)CCS4)c1. The van der Waals surface area contributed by atoms with Gasteiger partial charge in [-0.25, -0.2) is 9.37 Å². The molecule has 2 aromatic carbocycles. The van der Waals surface area contributed by atoms with Gasteiger partial charge in [-0.1, -0.05) is 23.9 Å². The summed E-state index contributed by atoms with van der Waals surface area (Å²) in [4.78, 5) is 17.9. The highest BCUT2D eigenvalue weighted by atomic mass is 32.2. The molecule has 1 aliphatic rings. The number of aromatic nitrogens is 3. The van der Waals surface area contributed by atoms with Crippen LogP contribution in [0.2, 0.25) is 0 Å². The van der Waals surface area contributed by atoms with Crippen molar-refractivity contribution in [1.82, 2.24) is 14.1 Å². The number of nitrogens with zero attached hydrogens (tertiary/aromatic N) is 3. The molecule has 4 aromatic rings. The zero-order valence-corrected chi connectivity index (χ0v) is 15.4. The van der Waals surface area contributed by atoms with E-state index in [-0.39, 0.29) is 11.4 Å². The van der Waals surface area contributed by atoms with E-state index in [0.29, 0.717) is 34.7 Å². The van der Waals surface area contributed by atoms with Gasteiger partial charge in [-0.2, -0.15) is 0 Å². The molecule has 0 radical (unpaired) electrons. The average molecular weight is 381 g/mol. The summed E-state index contributed by atoms with van der Waals surface area (Å²) < 4.78 is 22.9. The number of methoxy groups -OCH3 is 1. The third-order valence-electron chi connectivity index (χ3n) is 4.91. The summed E-state index contributed by atoms with van der Waals surface area (Å²) >= 11 is 1.56. The first-order valence-corrected chi connectivity index (χ1v) is 9.62. The summed E-state index contributed by atoms with van der Waals surface area (Å²) in [6.45, 7) is 1.13. The summed E-state index contributed by atoms with van der Waals surface area (Å²) in [5.41, 5.74) is 2.81. The first-order chi connectivity index (χ1) is 13.2. The molecule has 5 rings (SSSR count). The van der Waals surface area contributed by atoms with Gasteiger partial charge in [0.15, 0.2) is 5.16 Å². The van der Waals surface area contributed by atoms with Gasteiger partial charge in [0.25, 0.3) is 5.56 Å². The number of benzene rings is 2. The van der Waals surface area contributed by atoms with Gasteiger partial charge in [-0.05, 0) is 35.9 Å². The Morgan fingerprint density at radius 3 is 3.00 bits per heavy atom. The summed E-state index contributed by atoms with van der Waals surface area (Å²) in [6, 6.07) is 12.3. The second kappa shape index (κ2) is 6.13. The molecule has 0 unspecified atom stereocenters. The van der Waals surface area contributed by atoms with E-state index in [2.05, 4.69) is 0 Å². The summed E-state index contributed by atoms with van der Waals surface area (Å²) in [5, 5.41) is 1.37. The van der Waals surface area contributed by atoms with E-state index in [1.807, 2.05) is 28.8 Å². The fourth-order valence-corrected chi connectivity index (χ4v) is 4.61. The van der Waals surface area contributed by atoms with Crippen LogP contribution in [0.25, 0.3) is 21.9 Å². The van der Waals surface area contributed by atoms with Gasteiger partial charge in [0.2, 0.25) is 0 Å². The van der Waals surface area contributed by atoms with Crippen LogP contribution in [0, 0.1) is 5.82 Å². The third-order valence-corrected chi connectivity index (χ3v) is 5.86. The lowest BCUT2D eigenvalue weighted by Gasteiger charge is -2.09. The summed E-state index contributed by atoms with van der Waals surface area (Å²) in [5.74, 6) is 1.25. The van der Waals surface area contributed by atoms with E-state index >= 15 is 0 Å². The molecule has 27 heavy (non-hydrogen) atoms. The van der Waals surface area contributed by atoms with Crippen molar-refractivity contribution in [3.63, 3.8) is 0 Å². The molecule has 136 valence electrons. The molecule has 0 saturated heterocycles. The highest BCUT2D eigenvalue weighted by Crippen LogP contribution is 2.31. The van der Waals surface area contributed by atoms with Crippen molar-refractivity contribution in [2.24, 2.45) is 0 Å². The molecule has 0 N–H and O–H groups in total. The molecule has 0 fully saturated rings. The zero-order chi connectivity index (χ0) is 18.5. The Morgan fingerprint density at radius 2 is 2.15 bits per heavy atom. The molecule has 0 aliphatic carbocycles. The molecular weight excluding hydrogens is 365 g/mol. The van der Waals surface area contributed by atoms with E-state index in [1.54, 1.807) is 29.5 Å². The highest BCUT2D eigenvalue weighted by molar-refractivity contribution is 7.99. The van der Waals surface area contributed by atoms with Crippen molar-refractivity contribution in [3.8, 4) is 5.75 Å². The summed E-state index contributed by atoms with van der Waals surface area (Å²) in [7, 11) is 1.62. The van der Waals surface area contributed by atoms with Crippen LogP contribution >= 0.6 is 11.8 Å². The van der Waals surface area contributed by atoms with E-state index in [0.717, 1.165) is 22.6 Å². The molecule has 0 spiro atoms. The number of fused-ring (bicyclic) bond motifs is 4. The maximum Gasteiger partial charge on any atom is 0.278 e. The molecule has 3 heterocycles. The summed E-state index contributed by atoms with van der Waals surface area (Å²) in [6.07, 6.45) is 0. The Morgan fingerprint density at radius 1 is 1.26 bits per heavy atom. The van der Waals surface area contributed by atoms with Gasteiger partial charge in [-0.15, -0.1) is 0 Å². The fraction of sp³-hybridized carbons (Fsp3) is 0.200. The Bertz CT molecular complexity index is 1260. The van der Waals surface area contributed by atoms with Gasteiger partial charge in [0, 0.05) is 24.2 Å². The first-order valence-electron chi connectivity index (χ1n) is 8.64. The number of ether oxygens (including phenoxy) is 1. The van der Waals surface area contributed by atoms with Crippen molar-refractivity contribution in [3.05, 3.63) is 64.2 Å². The number of hydrogen-bond donors (Lipinski definition) is 0. The molecule has 7 heteroatoms. The highest BCUT2D eigenvalue weighted by Gasteiger charge is 2.22.